The number of halogens is 1. The van der Waals surface area contributed by atoms with E-state index in [9.17, 15) is 9.90 Å². The van der Waals surface area contributed by atoms with Crippen molar-refractivity contribution >= 4 is 24.7 Å². The Morgan fingerprint density at radius 3 is 2.71 bits per heavy atom. The highest BCUT2D eigenvalue weighted by Gasteiger charge is 2.37. The molecule has 5 nitrogen and oxygen atoms in total. The maximum Gasteiger partial charge on any atom is 0.451 e. The number of carbonyl (C=O) groups is 1. The topological polar surface area (TPSA) is 104 Å². The van der Waals surface area contributed by atoms with Crippen molar-refractivity contribution in [2.45, 2.75) is 38.0 Å². The second-order valence-electron chi connectivity index (χ2n) is 5.54. The standard InChI is InChI=1S/C14H19BClNO4/c16-12-6-9-4-8(2-1-3-15(20)21)13(14(18)19)11(9)5-10(12)7-17/h5-6,8,13,20-21H,1-4,7,17H2,(H,18,19)/t8?,13-/m0/s1. The highest BCUT2D eigenvalue weighted by molar-refractivity contribution is 6.40. The van der Waals surface area contributed by atoms with Crippen molar-refractivity contribution in [1.29, 1.82) is 0 Å². The lowest BCUT2D eigenvalue weighted by molar-refractivity contribution is -0.139. The van der Waals surface area contributed by atoms with Gasteiger partial charge in [-0.05, 0) is 47.8 Å². The molecular formula is C14H19BClNO4. The van der Waals surface area contributed by atoms with Crippen molar-refractivity contribution in [1.82, 2.24) is 0 Å². The Bertz CT molecular complexity index is 538. The Morgan fingerprint density at radius 2 is 2.14 bits per heavy atom. The largest absolute Gasteiger partial charge is 0.481 e. The summed E-state index contributed by atoms with van der Waals surface area (Å²) in [4.78, 5) is 11.6. The fraction of sp³-hybridized carbons (Fsp3) is 0.500. The molecule has 21 heavy (non-hydrogen) atoms. The molecule has 0 amide bonds. The first-order valence-electron chi connectivity index (χ1n) is 7.04. The normalized spacial score (nSPS) is 20.4. The Labute approximate surface area is 128 Å². The summed E-state index contributed by atoms with van der Waals surface area (Å²) in [5, 5.41) is 27.9. The van der Waals surface area contributed by atoms with Crippen LogP contribution in [0.1, 0.15) is 35.4 Å². The molecule has 1 aliphatic carbocycles. The number of carboxylic acid groups (broad SMARTS) is 1. The van der Waals surface area contributed by atoms with E-state index in [4.69, 9.17) is 27.4 Å². The number of aliphatic carboxylic acids is 1. The molecular weight excluding hydrogens is 292 g/mol. The van der Waals surface area contributed by atoms with Crippen LogP contribution in [0.5, 0.6) is 0 Å². The Morgan fingerprint density at radius 1 is 1.43 bits per heavy atom. The summed E-state index contributed by atoms with van der Waals surface area (Å²) < 4.78 is 0. The highest BCUT2D eigenvalue weighted by Crippen LogP contribution is 2.42. The first-order valence-corrected chi connectivity index (χ1v) is 7.42. The minimum absolute atomic E-state index is 0.0414. The number of rotatable bonds is 6. The zero-order valence-electron chi connectivity index (χ0n) is 11.6. The molecule has 1 unspecified atom stereocenters. The first kappa shape index (κ1) is 16.3. The average Bonchev–Trinajstić information content (AvgIpc) is 2.74. The summed E-state index contributed by atoms with van der Waals surface area (Å²) in [6.45, 7) is 0.278. The average molecular weight is 312 g/mol. The molecule has 0 aliphatic heterocycles. The van der Waals surface area contributed by atoms with Gasteiger partial charge in [0, 0.05) is 11.6 Å². The summed E-state index contributed by atoms with van der Waals surface area (Å²) in [7, 11) is -1.34. The monoisotopic (exact) mass is 311 g/mol. The fourth-order valence-electron chi connectivity index (χ4n) is 3.12. The van der Waals surface area contributed by atoms with Crippen LogP contribution < -0.4 is 5.73 Å². The molecule has 0 saturated carbocycles. The highest BCUT2D eigenvalue weighted by atomic mass is 35.5. The number of hydrogen-bond donors (Lipinski definition) is 4. The van der Waals surface area contributed by atoms with Crippen molar-refractivity contribution in [3.63, 3.8) is 0 Å². The van der Waals surface area contributed by atoms with E-state index in [1.165, 1.54) is 0 Å². The van der Waals surface area contributed by atoms with Crippen LogP contribution in [0.4, 0.5) is 0 Å². The van der Waals surface area contributed by atoms with Gasteiger partial charge in [0.2, 0.25) is 0 Å². The van der Waals surface area contributed by atoms with E-state index in [-0.39, 0.29) is 18.8 Å². The van der Waals surface area contributed by atoms with Gasteiger partial charge in [-0.1, -0.05) is 24.1 Å². The third-order valence-electron chi connectivity index (χ3n) is 4.12. The first-order chi connectivity index (χ1) is 9.93. The molecule has 0 aromatic heterocycles. The quantitative estimate of drug-likeness (QED) is 0.594. The van der Waals surface area contributed by atoms with E-state index < -0.39 is 19.0 Å². The molecule has 114 valence electrons. The van der Waals surface area contributed by atoms with Gasteiger partial charge in [0.1, 0.15) is 0 Å². The molecule has 7 heteroatoms. The Kier molecular flexibility index (Phi) is 5.27. The molecule has 2 atom stereocenters. The van der Waals surface area contributed by atoms with E-state index in [0.29, 0.717) is 24.3 Å². The van der Waals surface area contributed by atoms with Gasteiger partial charge >= 0.3 is 13.1 Å². The number of benzene rings is 1. The van der Waals surface area contributed by atoms with Gasteiger partial charge in [0.05, 0.1) is 5.92 Å². The molecule has 0 spiro atoms. The number of hydrogen-bond acceptors (Lipinski definition) is 4. The van der Waals surface area contributed by atoms with E-state index in [2.05, 4.69) is 0 Å². The molecule has 1 aliphatic rings. The van der Waals surface area contributed by atoms with Gasteiger partial charge in [-0.25, -0.2) is 0 Å². The van der Waals surface area contributed by atoms with Gasteiger partial charge < -0.3 is 20.9 Å². The van der Waals surface area contributed by atoms with Crippen molar-refractivity contribution in [3.05, 3.63) is 33.8 Å². The zero-order chi connectivity index (χ0) is 15.6. The van der Waals surface area contributed by atoms with Gasteiger partial charge in [-0.3, -0.25) is 4.79 Å². The molecule has 0 bridgehead atoms. The van der Waals surface area contributed by atoms with Crippen LogP contribution in [-0.4, -0.2) is 28.2 Å². The van der Waals surface area contributed by atoms with Gasteiger partial charge in [0.25, 0.3) is 0 Å². The maximum absolute atomic E-state index is 11.6. The molecule has 0 saturated heterocycles. The van der Waals surface area contributed by atoms with Crippen LogP contribution in [0.3, 0.4) is 0 Å². The Hall–Kier alpha value is -1.08. The smallest absolute Gasteiger partial charge is 0.451 e. The third-order valence-corrected chi connectivity index (χ3v) is 4.47. The maximum atomic E-state index is 11.6. The van der Waals surface area contributed by atoms with Crippen LogP contribution in [0.2, 0.25) is 11.3 Å². The van der Waals surface area contributed by atoms with Gasteiger partial charge in [-0.15, -0.1) is 0 Å². The number of fused-ring (bicyclic) bond motifs is 1. The van der Waals surface area contributed by atoms with E-state index >= 15 is 0 Å². The third kappa shape index (κ3) is 3.58. The number of nitrogens with two attached hydrogens (primary N) is 1. The SMILES string of the molecule is NCc1cc2c(cc1Cl)CC(CCCB(O)O)[C@@H]2C(=O)O. The van der Waals surface area contributed by atoms with Crippen molar-refractivity contribution in [3.8, 4) is 0 Å². The summed E-state index contributed by atoms with van der Waals surface area (Å²) in [5.41, 5.74) is 8.14. The molecule has 2 rings (SSSR count). The summed E-state index contributed by atoms with van der Waals surface area (Å²) in [5.74, 6) is -1.47. The second kappa shape index (κ2) is 6.79. The second-order valence-corrected chi connectivity index (χ2v) is 5.95. The van der Waals surface area contributed by atoms with Crippen molar-refractivity contribution in [2.24, 2.45) is 11.7 Å². The van der Waals surface area contributed by atoms with Crippen LogP contribution >= 0.6 is 11.6 Å². The summed E-state index contributed by atoms with van der Waals surface area (Å²) in [6.07, 6.45) is 2.13. The van der Waals surface area contributed by atoms with Crippen LogP contribution in [-0.2, 0) is 17.8 Å². The summed E-state index contributed by atoms with van der Waals surface area (Å²) in [6, 6.07) is 3.62. The summed E-state index contributed by atoms with van der Waals surface area (Å²) >= 11 is 6.14. The molecule has 0 fully saturated rings. The molecule has 0 heterocycles. The van der Waals surface area contributed by atoms with E-state index in [1.54, 1.807) is 6.07 Å². The predicted molar refractivity (Wildman–Crippen MR) is 81.1 cm³/mol. The minimum atomic E-state index is -1.34. The van der Waals surface area contributed by atoms with E-state index in [0.717, 1.165) is 16.7 Å². The lowest BCUT2D eigenvalue weighted by Crippen LogP contribution is -2.19. The zero-order valence-corrected chi connectivity index (χ0v) is 12.4. The Balaban J connectivity index is 2.21. The molecule has 0 radical (unpaired) electrons. The number of carboxylic acids is 1. The molecule has 1 aromatic rings. The van der Waals surface area contributed by atoms with E-state index in [1.807, 2.05) is 6.07 Å². The van der Waals surface area contributed by atoms with Crippen LogP contribution in [0, 0.1) is 5.92 Å². The lowest BCUT2D eigenvalue weighted by atomic mass is 9.80. The van der Waals surface area contributed by atoms with Gasteiger partial charge in [0.15, 0.2) is 0 Å². The van der Waals surface area contributed by atoms with Gasteiger partial charge in [-0.2, -0.15) is 0 Å². The van der Waals surface area contributed by atoms with Crippen molar-refractivity contribution in [2.75, 3.05) is 0 Å². The van der Waals surface area contributed by atoms with Crippen LogP contribution in [0.15, 0.2) is 12.1 Å². The molecule has 5 N–H and O–H groups in total. The lowest BCUT2D eigenvalue weighted by Gasteiger charge is -2.16. The predicted octanol–water partition coefficient (Wildman–Crippen LogP) is 1.39. The molecule has 1 aromatic carbocycles. The van der Waals surface area contributed by atoms with Crippen LogP contribution in [0.25, 0.3) is 0 Å². The fourth-order valence-corrected chi connectivity index (χ4v) is 3.38. The minimum Gasteiger partial charge on any atom is -0.481 e. The van der Waals surface area contributed by atoms with Crippen molar-refractivity contribution < 1.29 is 19.9 Å².